The summed E-state index contributed by atoms with van der Waals surface area (Å²) >= 11 is 2.92. The van der Waals surface area contributed by atoms with E-state index in [0.717, 1.165) is 6.42 Å². The predicted octanol–water partition coefficient (Wildman–Crippen LogP) is 1.51. The molecule has 0 aliphatic carbocycles. The number of carbonyl (C=O) groups is 2. The van der Waals surface area contributed by atoms with E-state index in [2.05, 4.69) is 32.0 Å². The zero-order valence-electron chi connectivity index (χ0n) is 12.7. The number of hydrogen-bond donors (Lipinski definition) is 1. The van der Waals surface area contributed by atoms with Crippen LogP contribution in [0.2, 0.25) is 0 Å². The summed E-state index contributed by atoms with van der Waals surface area (Å²) in [4.78, 5) is 27.7. The highest BCUT2D eigenvalue weighted by molar-refractivity contribution is 9.12. The highest BCUT2D eigenvalue weighted by Gasteiger charge is 2.26. The third-order valence-electron chi connectivity index (χ3n) is 3.38. The molecule has 1 heterocycles. The summed E-state index contributed by atoms with van der Waals surface area (Å²) < 4.78 is 5.42. The molecule has 1 saturated heterocycles. The second kappa shape index (κ2) is 9.80. The van der Waals surface area contributed by atoms with Gasteiger partial charge in [0.1, 0.15) is 0 Å². The van der Waals surface area contributed by atoms with E-state index in [-0.39, 0.29) is 23.8 Å². The van der Waals surface area contributed by atoms with Gasteiger partial charge in [-0.05, 0) is 37.9 Å². The van der Waals surface area contributed by atoms with Gasteiger partial charge in [-0.2, -0.15) is 0 Å². The van der Waals surface area contributed by atoms with Gasteiger partial charge in [-0.25, -0.2) is 0 Å². The maximum Gasteiger partial charge on any atom is 0.299 e. The normalized spacial score (nSPS) is 15.5. The van der Waals surface area contributed by atoms with Crippen LogP contribution in [0.5, 0.6) is 0 Å². The smallest absolute Gasteiger partial charge is 0.299 e. The van der Waals surface area contributed by atoms with Gasteiger partial charge < -0.3 is 15.0 Å². The molecule has 2 amide bonds. The van der Waals surface area contributed by atoms with Crippen molar-refractivity contribution in [1.82, 2.24) is 10.2 Å². The number of amides is 2. The van der Waals surface area contributed by atoms with Crippen molar-refractivity contribution < 1.29 is 14.3 Å². The molecule has 1 aliphatic rings. The average Bonchev–Trinajstić information content (AvgIpc) is 2.46. The van der Waals surface area contributed by atoms with E-state index in [0.29, 0.717) is 39.1 Å². The highest BCUT2D eigenvalue weighted by atomic mass is 79.9. The van der Waals surface area contributed by atoms with E-state index >= 15 is 0 Å². The molecular formula is C15H23BrN2O3. The molecule has 1 N–H and O–H groups in total. The molecule has 0 atom stereocenters. The number of nitrogens with zero attached hydrogens (tertiary/aromatic N) is 1. The molecule has 0 spiro atoms. The average molecular weight is 359 g/mol. The standard InChI is InChI=1S/C15H23BrN2O3/c1-12(2)21-11-3-8-17-15(20)13-5-9-18(10-6-13)14(19)4-7-16/h12-13H,3,5-6,8-11H2,1-2H3,(H,17,20). The quantitative estimate of drug-likeness (QED) is 0.578. The number of halogens is 1. The Kier molecular flexibility index (Phi) is 8.40. The minimum atomic E-state index is -0.184. The second-order valence-corrected chi connectivity index (χ2v) is 5.75. The Morgan fingerprint density at radius 1 is 1.38 bits per heavy atom. The van der Waals surface area contributed by atoms with Crippen LogP contribution in [0.4, 0.5) is 0 Å². The number of piperidine rings is 1. The van der Waals surface area contributed by atoms with Gasteiger partial charge >= 0.3 is 0 Å². The van der Waals surface area contributed by atoms with E-state index in [1.807, 2.05) is 13.8 Å². The first kappa shape index (κ1) is 18.0. The van der Waals surface area contributed by atoms with Crippen molar-refractivity contribution >= 4 is 27.7 Å². The topological polar surface area (TPSA) is 58.6 Å². The van der Waals surface area contributed by atoms with E-state index in [1.165, 1.54) is 0 Å². The van der Waals surface area contributed by atoms with Crippen LogP contribution in [-0.4, -0.2) is 49.1 Å². The van der Waals surface area contributed by atoms with Crippen LogP contribution in [0.3, 0.4) is 0 Å². The Hall–Kier alpha value is -1.06. The van der Waals surface area contributed by atoms with Crippen LogP contribution in [0, 0.1) is 16.7 Å². The maximum atomic E-state index is 12.0. The van der Waals surface area contributed by atoms with Gasteiger partial charge in [-0.1, -0.05) is 0 Å². The maximum absolute atomic E-state index is 12.0. The summed E-state index contributed by atoms with van der Waals surface area (Å²) in [5, 5.41) is 2.94. The zero-order chi connectivity index (χ0) is 15.7. The molecule has 0 bridgehead atoms. The van der Waals surface area contributed by atoms with Crippen LogP contribution >= 0.6 is 15.9 Å². The van der Waals surface area contributed by atoms with Crippen LogP contribution in [-0.2, 0) is 14.3 Å². The Morgan fingerprint density at radius 2 is 2.05 bits per heavy atom. The Morgan fingerprint density at radius 3 is 2.62 bits per heavy atom. The zero-order valence-corrected chi connectivity index (χ0v) is 14.2. The van der Waals surface area contributed by atoms with Gasteiger partial charge in [-0.15, -0.1) is 0 Å². The minimum absolute atomic E-state index is 0.00278. The van der Waals surface area contributed by atoms with Crippen molar-refractivity contribution in [2.45, 2.75) is 39.2 Å². The van der Waals surface area contributed by atoms with Crippen LogP contribution in [0.25, 0.3) is 0 Å². The van der Waals surface area contributed by atoms with Gasteiger partial charge in [0.25, 0.3) is 5.91 Å². The molecule has 5 nitrogen and oxygen atoms in total. The van der Waals surface area contributed by atoms with Crippen molar-refractivity contribution in [2.75, 3.05) is 26.2 Å². The summed E-state index contributed by atoms with van der Waals surface area (Å²) in [5.41, 5.74) is 0. The highest BCUT2D eigenvalue weighted by Crippen LogP contribution is 2.17. The first-order valence-corrected chi connectivity index (χ1v) is 8.13. The molecule has 0 aromatic rings. The van der Waals surface area contributed by atoms with Gasteiger partial charge in [0.2, 0.25) is 5.91 Å². The van der Waals surface area contributed by atoms with E-state index in [1.54, 1.807) is 4.90 Å². The van der Waals surface area contributed by atoms with Crippen molar-refractivity contribution in [2.24, 2.45) is 5.92 Å². The first-order chi connectivity index (χ1) is 10.0. The molecule has 0 unspecified atom stereocenters. The van der Waals surface area contributed by atoms with Crippen molar-refractivity contribution in [3.63, 3.8) is 0 Å². The molecular weight excluding hydrogens is 336 g/mol. The molecule has 21 heavy (non-hydrogen) atoms. The largest absolute Gasteiger partial charge is 0.379 e. The third-order valence-corrected chi connectivity index (χ3v) is 3.58. The van der Waals surface area contributed by atoms with Crippen molar-refractivity contribution in [1.29, 1.82) is 0 Å². The van der Waals surface area contributed by atoms with E-state index in [4.69, 9.17) is 4.74 Å². The molecule has 1 aliphatic heterocycles. The Balaban J connectivity index is 2.19. The summed E-state index contributed by atoms with van der Waals surface area (Å²) in [6, 6.07) is 0. The monoisotopic (exact) mass is 358 g/mol. The van der Waals surface area contributed by atoms with Gasteiger partial charge in [0, 0.05) is 54.0 Å². The summed E-state index contributed by atoms with van der Waals surface area (Å²) in [6.07, 6.45) is 2.45. The predicted molar refractivity (Wildman–Crippen MR) is 84.7 cm³/mol. The van der Waals surface area contributed by atoms with Crippen LogP contribution in [0.15, 0.2) is 0 Å². The van der Waals surface area contributed by atoms with Gasteiger partial charge in [-0.3, -0.25) is 9.59 Å². The molecule has 6 heteroatoms. The lowest BCUT2D eigenvalue weighted by atomic mass is 9.96. The number of hydrogen-bond acceptors (Lipinski definition) is 3. The van der Waals surface area contributed by atoms with E-state index < -0.39 is 0 Å². The minimum Gasteiger partial charge on any atom is -0.379 e. The lowest BCUT2D eigenvalue weighted by Gasteiger charge is -2.29. The van der Waals surface area contributed by atoms with Crippen molar-refractivity contribution in [3.8, 4) is 10.8 Å². The lowest BCUT2D eigenvalue weighted by molar-refractivity contribution is -0.131. The van der Waals surface area contributed by atoms with Crippen LogP contribution in [0.1, 0.15) is 33.1 Å². The number of nitrogens with one attached hydrogen (secondary N) is 1. The molecule has 0 aromatic heterocycles. The summed E-state index contributed by atoms with van der Waals surface area (Å²) in [6.45, 7) is 6.47. The lowest BCUT2D eigenvalue weighted by Crippen LogP contribution is -2.42. The fourth-order valence-electron chi connectivity index (χ4n) is 2.21. The molecule has 0 saturated carbocycles. The van der Waals surface area contributed by atoms with Gasteiger partial charge in [0.05, 0.1) is 6.10 Å². The first-order valence-electron chi connectivity index (χ1n) is 7.34. The van der Waals surface area contributed by atoms with Crippen LogP contribution < -0.4 is 5.32 Å². The summed E-state index contributed by atoms with van der Waals surface area (Å²) in [7, 11) is 0. The number of ether oxygens (including phenoxy) is 1. The van der Waals surface area contributed by atoms with Gasteiger partial charge in [0.15, 0.2) is 0 Å². The Labute approximate surface area is 134 Å². The van der Waals surface area contributed by atoms with E-state index in [9.17, 15) is 9.59 Å². The fourth-order valence-corrected chi connectivity index (χ4v) is 2.38. The number of rotatable bonds is 6. The number of carbonyl (C=O) groups excluding carboxylic acids is 2. The third kappa shape index (κ3) is 6.96. The molecule has 0 radical (unpaired) electrons. The molecule has 1 rings (SSSR count). The summed E-state index contributed by atoms with van der Waals surface area (Å²) in [5.74, 6) is 2.35. The molecule has 0 aromatic carbocycles. The number of likely N-dealkylation sites (tertiary alicyclic amines) is 1. The molecule has 1 fully saturated rings. The Bertz CT molecular complexity index is 407. The molecule has 118 valence electrons. The second-order valence-electron chi connectivity index (χ2n) is 5.35. The fraction of sp³-hybridized carbons (Fsp3) is 0.733. The van der Waals surface area contributed by atoms with Crippen molar-refractivity contribution in [3.05, 3.63) is 0 Å². The SMILES string of the molecule is CC(C)OCCCNC(=O)C1CCN(C(=O)C#CBr)CC1.